The van der Waals surface area contributed by atoms with Crippen molar-refractivity contribution in [1.29, 1.82) is 0 Å². The smallest absolute Gasteiger partial charge is 0.306 e. The number of carbonyl (C=O) groups is 1. The molecule has 0 atom stereocenters. The molecular weight excluding hydrogens is 226 g/mol. The molecule has 0 amide bonds. The van der Waals surface area contributed by atoms with Crippen LogP contribution in [0.15, 0.2) is 24.3 Å². The lowest BCUT2D eigenvalue weighted by atomic mass is 10.1. The van der Waals surface area contributed by atoms with E-state index in [1.54, 1.807) is 13.0 Å². The lowest BCUT2D eigenvalue weighted by Crippen LogP contribution is -2.02. The molecule has 0 aromatic heterocycles. The van der Waals surface area contributed by atoms with E-state index in [-0.39, 0.29) is 18.0 Å². The zero-order valence-electron chi connectivity index (χ0n) is 9.58. The maximum Gasteiger partial charge on any atom is 0.306 e. The molecule has 0 bridgehead atoms. The second-order valence-corrected chi connectivity index (χ2v) is 3.41. The summed E-state index contributed by atoms with van der Waals surface area (Å²) < 4.78 is 30.7. The Balaban J connectivity index is 2.48. The van der Waals surface area contributed by atoms with Crippen LogP contribution in [0.4, 0.5) is 8.78 Å². The average Bonchev–Trinajstić information content (AvgIpc) is 2.29. The van der Waals surface area contributed by atoms with Crippen LogP contribution in [0.5, 0.6) is 0 Å². The molecule has 1 aromatic carbocycles. The second kappa shape index (κ2) is 6.78. The van der Waals surface area contributed by atoms with E-state index in [2.05, 4.69) is 0 Å². The number of hydrogen-bond donors (Lipinski definition) is 0. The fourth-order valence-corrected chi connectivity index (χ4v) is 1.29. The number of esters is 1. The third kappa shape index (κ3) is 4.76. The van der Waals surface area contributed by atoms with Gasteiger partial charge in [-0.25, -0.2) is 8.78 Å². The highest BCUT2D eigenvalue weighted by Crippen LogP contribution is 2.12. The Bertz CT molecular complexity index is 414. The van der Waals surface area contributed by atoms with E-state index in [4.69, 9.17) is 4.74 Å². The quantitative estimate of drug-likeness (QED) is 0.738. The molecule has 4 heteroatoms. The first-order chi connectivity index (χ1) is 8.13. The lowest BCUT2D eigenvalue weighted by Gasteiger charge is -1.99. The van der Waals surface area contributed by atoms with Gasteiger partial charge in [-0.15, -0.1) is 0 Å². The largest absolute Gasteiger partial charge is 0.466 e. The third-order valence-corrected chi connectivity index (χ3v) is 2.08. The van der Waals surface area contributed by atoms with Crippen molar-refractivity contribution in [3.05, 3.63) is 41.5 Å². The zero-order chi connectivity index (χ0) is 12.7. The van der Waals surface area contributed by atoms with Crippen LogP contribution >= 0.6 is 0 Å². The van der Waals surface area contributed by atoms with E-state index in [9.17, 15) is 13.6 Å². The Morgan fingerprint density at radius 1 is 1.41 bits per heavy atom. The molecule has 1 rings (SSSR count). The fraction of sp³-hybridized carbons (Fsp3) is 0.308. The van der Waals surface area contributed by atoms with Gasteiger partial charge in [-0.3, -0.25) is 4.79 Å². The molecule has 0 spiro atoms. The van der Waals surface area contributed by atoms with E-state index in [0.717, 1.165) is 18.2 Å². The number of benzene rings is 1. The summed E-state index contributed by atoms with van der Waals surface area (Å²) in [5, 5.41) is 0. The van der Waals surface area contributed by atoms with Crippen LogP contribution in [0.2, 0.25) is 0 Å². The Hall–Kier alpha value is -1.71. The van der Waals surface area contributed by atoms with E-state index in [0.29, 0.717) is 13.0 Å². The van der Waals surface area contributed by atoms with Gasteiger partial charge in [0.05, 0.1) is 6.61 Å². The first-order valence-electron chi connectivity index (χ1n) is 5.40. The van der Waals surface area contributed by atoms with Crippen molar-refractivity contribution < 1.29 is 18.3 Å². The van der Waals surface area contributed by atoms with E-state index in [1.807, 2.05) is 0 Å². The number of rotatable bonds is 5. The normalized spacial score (nSPS) is 10.8. The first kappa shape index (κ1) is 13.4. The molecule has 0 aliphatic carbocycles. The van der Waals surface area contributed by atoms with E-state index < -0.39 is 11.6 Å². The molecule has 0 radical (unpaired) electrons. The predicted molar refractivity (Wildman–Crippen MR) is 61.3 cm³/mol. The number of allylic oxidation sites excluding steroid dienone is 1. The van der Waals surface area contributed by atoms with Crippen molar-refractivity contribution in [3.63, 3.8) is 0 Å². The van der Waals surface area contributed by atoms with Crippen molar-refractivity contribution in [1.82, 2.24) is 0 Å². The van der Waals surface area contributed by atoms with E-state index >= 15 is 0 Å². The molecule has 0 saturated heterocycles. The summed E-state index contributed by atoms with van der Waals surface area (Å²) in [6, 6.07) is 3.24. The summed E-state index contributed by atoms with van der Waals surface area (Å²) in [7, 11) is 0. The molecule has 1 aromatic rings. The highest BCUT2D eigenvalue weighted by molar-refractivity contribution is 5.69. The third-order valence-electron chi connectivity index (χ3n) is 2.08. The van der Waals surface area contributed by atoms with Crippen molar-refractivity contribution in [3.8, 4) is 0 Å². The van der Waals surface area contributed by atoms with Crippen molar-refractivity contribution in [2.24, 2.45) is 0 Å². The minimum Gasteiger partial charge on any atom is -0.466 e. The van der Waals surface area contributed by atoms with Crippen LogP contribution in [-0.4, -0.2) is 12.6 Å². The summed E-state index contributed by atoms with van der Waals surface area (Å²) >= 11 is 0. The number of carbonyl (C=O) groups excluding carboxylic acids is 1. The van der Waals surface area contributed by atoms with Gasteiger partial charge < -0.3 is 4.74 Å². The molecule has 92 valence electrons. The van der Waals surface area contributed by atoms with Gasteiger partial charge in [0.2, 0.25) is 0 Å². The molecule has 0 aliphatic heterocycles. The molecule has 0 saturated carbocycles. The van der Waals surface area contributed by atoms with Crippen LogP contribution in [0, 0.1) is 11.6 Å². The van der Waals surface area contributed by atoms with Gasteiger partial charge >= 0.3 is 5.97 Å². The molecule has 0 heterocycles. The Labute approximate surface area is 98.9 Å². The van der Waals surface area contributed by atoms with Gasteiger partial charge in [-0.2, -0.15) is 0 Å². The minimum atomic E-state index is -0.489. The minimum absolute atomic E-state index is 0.175. The van der Waals surface area contributed by atoms with Crippen LogP contribution in [0.3, 0.4) is 0 Å². The maximum absolute atomic E-state index is 13.2. The summed E-state index contributed by atoms with van der Waals surface area (Å²) in [6.45, 7) is 2.08. The Morgan fingerprint density at radius 3 is 2.88 bits per heavy atom. The first-order valence-corrected chi connectivity index (χ1v) is 5.40. The van der Waals surface area contributed by atoms with Crippen molar-refractivity contribution in [2.75, 3.05) is 6.61 Å². The van der Waals surface area contributed by atoms with Gasteiger partial charge in [-0.05, 0) is 31.5 Å². The molecule has 17 heavy (non-hydrogen) atoms. The van der Waals surface area contributed by atoms with Gasteiger partial charge in [0, 0.05) is 12.0 Å². The standard InChI is InChI=1S/C13H14F2O2/c1-2-17-13(16)6-4-3-5-10-9-11(14)7-8-12(10)15/h3,5,7-9H,2,4,6H2,1H3/b5-3+. The van der Waals surface area contributed by atoms with Gasteiger partial charge in [0.25, 0.3) is 0 Å². The Kier molecular flexibility index (Phi) is 5.33. The topological polar surface area (TPSA) is 26.3 Å². The predicted octanol–water partition coefficient (Wildman–Crippen LogP) is 3.32. The van der Waals surface area contributed by atoms with Crippen LogP contribution in [0.1, 0.15) is 25.3 Å². The Morgan fingerprint density at radius 2 is 2.18 bits per heavy atom. The molecular formula is C13H14F2O2. The van der Waals surface area contributed by atoms with Gasteiger partial charge in [-0.1, -0.05) is 12.2 Å². The average molecular weight is 240 g/mol. The number of halogens is 2. The highest BCUT2D eigenvalue weighted by Gasteiger charge is 2.01. The number of ether oxygens (including phenoxy) is 1. The molecule has 2 nitrogen and oxygen atoms in total. The summed E-state index contributed by atoms with van der Waals surface area (Å²) in [5.41, 5.74) is 0.175. The molecule has 0 fully saturated rings. The zero-order valence-corrected chi connectivity index (χ0v) is 9.58. The summed E-state index contributed by atoms with van der Waals surface area (Å²) in [6.07, 6.45) is 3.75. The fourth-order valence-electron chi connectivity index (χ4n) is 1.29. The van der Waals surface area contributed by atoms with Gasteiger partial charge in [0.15, 0.2) is 0 Å². The van der Waals surface area contributed by atoms with Crippen LogP contribution in [0.25, 0.3) is 6.08 Å². The lowest BCUT2D eigenvalue weighted by molar-refractivity contribution is -0.142. The van der Waals surface area contributed by atoms with Crippen molar-refractivity contribution in [2.45, 2.75) is 19.8 Å². The van der Waals surface area contributed by atoms with Crippen LogP contribution < -0.4 is 0 Å². The van der Waals surface area contributed by atoms with Crippen molar-refractivity contribution >= 4 is 12.0 Å². The SMILES string of the molecule is CCOC(=O)CC/C=C/c1cc(F)ccc1F. The molecule has 0 unspecified atom stereocenters. The molecule has 0 N–H and O–H groups in total. The maximum atomic E-state index is 13.2. The summed E-state index contributed by atoms with van der Waals surface area (Å²) in [4.78, 5) is 11.0. The second-order valence-electron chi connectivity index (χ2n) is 3.41. The molecule has 0 aliphatic rings. The highest BCUT2D eigenvalue weighted by atomic mass is 19.1. The number of hydrogen-bond acceptors (Lipinski definition) is 2. The summed E-state index contributed by atoms with van der Waals surface area (Å²) in [5.74, 6) is -1.27. The monoisotopic (exact) mass is 240 g/mol. The van der Waals surface area contributed by atoms with Gasteiger partial charge in [0.1, 0.15) is 11.6 Å². The van der Waals surface area contributed by atoms with E-state index in [1.165, 1.54) is 6.08 Å². The van der Waals surface area contributed by atoms with Crippen LogP contribution in [-0.2, 0) is 9.53 Å².